The topological polar surface area (TPSA) is 58.6 Å². The Morgan fingerprint density at radius 1 is 1.47 bits per heavy atom. The minimum absolute atomic E-state index is 0.169. The highest BCUT2D eigenvalue weighted by molar-refractivity contribution is 7.10. The van der Waals surface area contributed by atoms with Crippen LogP contribution in [0, 0.1) is 5.82 Å². The minimum atomic E-state index is -0.939. The lowest BCUT2D eigenvalue weighted by Gasteiger charge is -2.07. The van der Waals surface area contributed by atoms with Gasteiger partial charge in [-0.05, 0) is 18.2 Å². The lowest BCUT2D eigenvalue weighted by Crippen LogP contribution is -1.99. The van der Waals surface area contributed by atoms with Crippen LogP contribution in [0.5, 0.6) is 5.75 Å². The summed E-state index contributed by atoms with van der Waals surface area (Å²) in [5, 5.41) is 13.5. The number of hydrogen-bond donors (Lipinski definition) is 2. The maximum Gasteiger partial charge on any atom is 0.336 e. The van der Waals surface area contributed by atoms with Crippen LogP contribution in [0.1, 0.15) is 15.2 Å². The summed E-state index contributed by atoms with van der Waals surface area (Å²) in [6.45, 7) is 0.479. The number of carbonyl (C=O) groups is 1. The molecule has 0 spiro atoms. The molecule has 0 unspecified atom stereocenters. The summed E-state index contributed by atoms with van der Waals surface area (Å²) in [6.07, 6.45) is 0. The molecular formula is C13H12FNO3S. The number of nitrogens with one attached hydrogen (secondary N) is 1. The Hall–Kier alpha value is -2.08. The van der Waals surface area contributed by atoms with E-state index < -0.39 is 11.8 Å². The van der Waals surface area contributed by atoms with Gasteiger partial charge in [-0.15, -0.1) is 11.3 Å². The molecule has 0 aliphatic carbocycles. The van der Waals surface area contributed by atoms with Crippen LogP contribution in [0.15, 0.2) is 29.6 Å². The molecule has 0 bridgehead atoms. The van der Waals surface area contributed by atoms with Gasteiger partial charge in [0.2, 0.25) is 0 Å². The molecule has 0 amide bonds. The number of benzene rings is 1. The zero-order valence-corrected chi connectivity index (χ0v) is 11.0. The first-order valence-corrected chi connectivity index (χ1v) is 6.36. The van der Waals surface area contributed by atoms with E-state index in [1.165, 1.54) is 24.5 Å². The smallest absolute Gasteiger partial charge is 0.336 e. The van der Waals surface area contributed by atoms with E-state index in [9.17, 15) is 9.18 Å². The predicted octanol–water partition coefficient (Wildman–Crippen LogP) is 3.21. The molecule has 0 fully saturated rings. The summed E-state index contributed by atoms with van der Waals surface area (Å²) < 4.78 is 18.1. The first-order valence-electron chi connectivity index (χ1n) is 5.48. The van der Waals surface area contributed by atoms with Crippen molar-refractivity contribution in [2.75, 3.05) is 12.4 Å². The number of ether oxygens (including phenoxy) is 1. The van der Waals surface area contributed by atoms with Crippen LogP contribution < -0.4 is 10.1 Å². The SMILES string of the molecule is COc1cc(NCc2cc(C(=O)O)cs2)ccc1F. The Morgan fingerprint density at radius 3 is 2.89 bits per heavy atom. The average Bonchev–Trinajstić information content (AvgIpc) is 2.87. The Labute approximate surface area is 113 Å². The van der Waals surface area contributed by atoms with Crippen molar-refractivity contribution in [1.82, 2.24) is 0 Å². The van der Waals surface area contributed by atoms with Gasteiger partial charge in [-0.3, -0.25) is 0 Å². The molecular weight excluding hydrogens is 269 g/mol. The third-order valence-corrected chi connectivity index (χ3v) is 3.46. The molecule has 0 radical (unpaired) electrons. The van der Waals surface area contributed by atoms with E-state index in [2.05, 4.69) is 5.32 Å². The van der Waals surface area contributed by atoms with Crippen molar-refractivity contribution in [1.29, 1.82) is 0 Å². The van der Waals surface area contributed by atoms with Gasteiger partial charge in [-0.2, -0.15) is 0 Å². The van der Waals surface area contributed by atoms with Gasteiger partial charge < -0.3 is 15.2 Å². The van der Waals surface area contributed by atoms with Gasteiger partial charge in [0.25, 0.3) is 0 Å². The Balaban J connectivity index is 2.03. The average molecular weight is 281 g/mol. The number of methoxy groups -OCH3 is 1. The third kappa shape index (κ3) is 3.23. The number of halogens is 1. The van der Waals surface area contributed by atoms with Crippen molar-refractivity contribution in [3.05, 3.63) is 45.9 Å². The van der Waals surface area contributed by atoms with Crippen molar-refractivity contribution in [3.63, 3.8) is 0 Å². The van der Waals surface area contributed by atoms with Crippen molar-refractivity contribution in [2.24, 2.45) is 0 Å². The van der Waals surface area contributed by atoms with E-state index in [1.807, 2.05) is 0 Å². The Bertz CT molecular complexity index is 597. The molecule has 0 atom stereocenters. The molecule has 4 nitrogen and oxygen atoms in total. The van der Waals surface area contributed by atoms with E-state index in [-0.39, 0.29) is 11.3 Å². The third-order valence-electron chi connectivity index (χ3n) is 2.52. The second kappa shape index (κ2) is 5.71. The second-order valence-electron chi connectivity index (χ2n) is 3.81. The van der Waals surface area contributed by atoms with Gasteiger partial charge in [0.1, 0.15) is 0 Å². The van der Waals surface area contributed by atoms with Crippen LogP contribution in [0.2, 0.25) is 0 Å². The van der Waals surface area contributed by atoms with Gasteiger partial charge in [-0.25, -0.2) is 9.18 Å². The van der Waals surface area contributed by atoms with Crippen LogP contribution in [0.3, 0.4) is 0 Å². The second-order valence-corrected chi connectivity index (χ2v) is 4.81. The molecule has 2 rings (SSSR count). The van der Waals surface area contributed by atoms with E-state index in [4.69, 9.17) is 9.84 Å². The number of carboxylic acid groups (broad SMARTS) is 1. The fraction of sp³-hybridized carbons (Fsp3) is 0.154. The van der Waals surface area contributed by atoms with Crippen LogP contribution in [-0.4, -0.2) is 18.2 Å². The molecule has 19 heavy (non-hydrogen) atoms. The van der Waals surface area contributed by atoms with Crippen molar-refractivity contribution in [3.8, 4) is 5.75 Å². The molecule has 2 N–H and O–H groups in total. The molecule has 1 aromatic carbocycles. The highest BCUT2D eigenvalue weighted by Crippen LogP contribution is 2.23. The summed E-state index contributed by atoms with van der Waals surface area (Å²) in [6, 6.07) is 6.09. The largest absolute Gasteiger partial charge is 0.494 e. The van der Waals surface area contributed by atoms with Crippen molar-refractivity contribution < 1.29 is 19.0 Å². The number of thiophene rings is 1. The predicted molar refractivity (Wildman–Crippen MR) is 71.6 cm³/mol. The van der Waals surface area contributed by atoms with E-state index in [0.717, 1.165) is 4.88 Å². The fourth-order valence-corrected chi connectivity index (χ4v) is 2.34. The van der Waals surface area contributed by atoms with Crippen LogP contribution in [0.25, 0.3) is 0 Å². The zero-order valence-electron chi connectivity index (χ0n) is 10.1. The lowest BCUT2D eigenvalue weighted by molar-refractivity contribution is 0.0697. The molecule has 1 aromatic heterocycles. The van der Waals surface area contributed by atoms with Crippen LogP contribution in [0.4, 0.5) is 10.1 Å². The number of carboxylic acids is 1. The Kier molecular flexibility index (Phi) is 4.01. The lowest BCUT2D eigenvalue weighted by atomic mass is 10.2. The first-order chi connectivity index (χ1) is 9.10. The van der Waals surface area contributed by atoms with Gasteiger partial charge in [0.05, 0.1) is 12.7 Å². The standard InChI is InChI=1S/C13H12FNO3S/c1-18-12-5-9(2-3-11(12)14)15-6-10-4-8(7-19-10)13(16)17/h2-5,7,15H,6H2,1H3,(H,16,17). The zero-order chi connectivity index (χ0) is 13.8. The van der Waals surface area contributed by atoms with Gasteiger partial charge in [-0.1, -0.05) is 0 Å². The highest BCUT2D eigenvalue weighted by atomic mass is 32.1. The summed E-state index contributed by atoms with van der Waals surface area (Å²) in [4.78, 5) is 11.6. The number of anilines is 1. The molecule has 0 aliphatic heterocycles. The van der Waals surface area contributed by atoms with Crippen LogP contribution >= 0.6 is 11.3 Å². The minimum Gasteiger partial charge on any atom is -0.494 e. The fourth-order valence-electron chi connectivity index (χ4n) is 1.54. The Morgan fingerprint density at radius 2 is 2.26 bits per heavy atom. The summed E-state index contributed by atoms with van der Waals surface area (Å²) in [5.74, 6) is -1.19. The molecule has 6 heteroatoms. The van der Waals surface area contributed by atoms with Crippen LogP contribution in [-0.2, 0) is 6.54 Å². The molecule has 0 saturated carbocycles. The van der Waals surface area contributed by atoms with Gasteiger partial charge >= 0.3 is 5.97 Å². The molecule has 0 aliphatic rings. The summed E-state index contributed by atoms with van der Waals surface area (Å²) in [5.41, 5.74) is 0.988. The number of aromatic carboxylic acids is 1. The van der Waals surface area contributed by atoms with Crippen molar-refractivity contribution in [2.45, 2.75) is 6.54 Å². The van der Waals surface area contributed by atoms with E-state index in [0.29, 0.717) is 12.2 Å². The van der Waals surface area contributed by atoms with E-state index in [1.54, 1.807) is 23.6 Å². The molecule has 1 heterocycles. The summed E-state index contributed by atoms with van der Waals surface area (Å²) >= 11 is 1.36. The maximum atomic E-state index is 13.2. The number of rotatable bonds is 5. The van der Waals surface area contributed by atoms with Crippen molar-refractivity contribution >= 4 is 23.0 Å². The number of hydrogen-bond acceptors (Lipinski definition) is 4. The molecule has 2 aromatic rings. The first kappa shape index (κ1) is 13.4. The summed E-state index contributed by atoms with van der Waals surface area (Å²) in [7, 11) is 1.40. The monoisotopic (exact) mass is 281 g/mol. The van der Waals surface area contributed by atoms with Gasteiger partial charge in [0.15, 0.2) is 11.6 Å². The van der Waals surface area contributed by atoms with Gasteiger partial charge in [0, 0.05) is 28.6 Å². The quantitative estimate of drug-likeness (QED) is 0.883. The highest BCUT2D eigenvalue weighted by Gasteiger charge is 2.07. The molecule has 0 saturated heterocycles. The maximum absolute atomic E-state index is 13.2. The molecule has 100 valence electrons. The normalized spacial score (nSPS) is 10.2. The van der Waals surface area contributed by atoms with E-state index >= 15 is 0 Å².